The molecule has 1 saturated heterocycles. The van der Waals surface area contributed by atoms with E-state index >= 15 is 0 Å². The van der Waals surface area contributed by atoms with Crippen LogP contribution < -0.4 is 5.32 Å². The van der Waals surface area contributed by atoms with Crippen LogP contribution in [0, 0.1) is 11.6 Å². The van der Waals surface area contributed by atoms with Gasteiger partial charge < -0.3 is 10.2 Å². The number of carbonyl (C=O) groups is 1. The predicted molar refractivity (Wildman–Crippen MR) is 77.6 cm³/mol. The van der Waals surface area contributed by atoms with Crippen LogP contribution in [0.5, 0.6) is 0 Å². The zero-order chi connectivity index (χ0) is 15.2. The molecule has 1 aliphatic heterocycles. The Labute approximate surface area is 123 Å². The van der Waals surface area contributed by atoms with Gasteiger partial charge in [0.2, 0.25) is 5.91 Å². The first-order valence-corrected chi connectivity index (χ1v) is 7.17. The Morgan fingerprint density at radius 3 is 2.95 bits per heavy atom. The van der Waals surface area contributed by atoms with Crippen LogP contribution in [0.3, 0.4) is 0 Å². The monoisotopic (exact) mass is 294 g/mol. The molecular formula is C16H20F2N2O. The molecule has 1 aromatic carbocycles. The lowest BCUT2D eigenvalue weighted by Gasteiger charge is -2.25. The molecule has 1 aliphatic rings. The first-order chi connectivity index (χ1) is 10.1. The number of halogens is 2. The maximum atomic E-state index is 13.7. The van der Waals surface area contributed by atoms with Gasteiger partial charge in [-0.2, -0.15) is 0 Å². The van der Waals surface area contributed by atoms with E-state index in [1.807, 2.05) is 0 Å². The molecule has 0 aromatic heterocycles. The Morgan fingerprint density at radius 1 is 1.43 bits per heavy atom. The molecule has 1 fully saturated rings. The van der Waals surface area contributed by atoms with Gasteiger partial charge in [0, 0.05) is 37.2 Å². The van der Waals surface area contributed by atoms with E-state index in [1.165, 1.54) is 12.1 Å². The zero-order valence-electron chi connectivity index (χ0n) is 11.9. The molecule has 1 atom stereocenters. The summed E-state index contributed by atoms with van der Waals surface area (Å²) in [5, 5.41) is 3.20. The van der Waals surface area contributed by atoms with E-state index < -0.39 is 11.6 Å². The summed E-state index contributed by atoms with van der Waals surface area (Å²) in [5.41, 5.74) is 0.357. The summed E-state index contributed by atoms with van der Waals surface area (Å²) in [7, 11) is 0. The van der Waals surface area contributed by atoms with Crippen molar-refractivity contribution >= 4 is 5.91 Å². The van der Waals surface area contributed by atoms with Gasteiger partial charge in [0.05, 0.1) is 0 Å². The predicted octanol–water partition coefficient (Wildman–Crippen LogP) is 2.62. The van der Waals surface area contributed by atoms with E-state index in [2.05, 4.69) is 11.9 Å². The average molecular weight is 294 g/mol. The zero-order valence-corrected chi connectivity index (χ0v) is 11.9. The Balaban J connectivity index is 1.98. The van der Waals surface area contributed by atoms with Gasteiger partial charge in [-0.1, -0.05) is 12.1 Å². The first-order valence-electron chi connectivity index (χ1n) is 7.17. The molecule has 1 amide bonds. The second kappa shape index (κ2) is 7.31. The summed E-state index contributed by atoms with van der Waals surface area (Å²) in [5.74, 6) is -1.17. The number of carbonyl (C=O) groups excluding carboxylic acids is 1. The second-order valence-electron chi connectivity index (χ2n) is 5.23. The van der Waals surface area contributed by atoms with Crippen molar-refractivity contribution in [2.24, 2.45) is 0 Å². The Kier molecular flexibility index (Phi) is 5.44. The van der Waals surface area contributed by atoms with E-state index in [-0.39, 0.29) is 18.5 Å². The van der Waals surface area contributed by atoms with Gasteiger partial charge in [-0.25, -0.2) is 8.78 Å². The van der Waals surface area contributed by atoms with Crippen LogP contribution in [0.25, 0.3) is 0 Å². The standard InChI is InChI=1S/C16H20F2N2O/c1-2-8-19-9-7-14-5-6-16(21)20(14)11-12-3-4-13(17)10-15(12)18/h2-4,10,14,19H,1,5-9,11H2. The molecule has 0 radical (unpaired) electrons. The first kappa shape index (κ1) is 15.6. The summed E-state index contributed by atoms with van der Waals surface area (Å²) in [6.45, 7) is 5.35. The van der Waals surface area contributed by atoms with Crippen molar-refractivity contribution in [1.82, 2.24) is 10.2 Å². The molecule has 1 N–H and O–H groups in total. The van der Waals surface area contributed by atoms with Gasteiger partial charge in [0.25, 0.3) is 0 Å². The number of rotatable bonds is 7. The molecule has 114 valence electrons. The molecule has 1 aromatic rings. The third kappa shape index (κ3) is 4.11. The SMILES string of the molecule is C=CCNCCC1CCC(=O)N1Cc1ccc(F)cc1F. The summed E-state index contributed by atoms with van der Waals surface area (Å²) >= 11 is 0. The molecule has 1 heterocycles. The normalized spacial score (nSPS) is 18.3. The largest absolute Gasteiger partial charge is 0.335 e. The molecule has 21 heavy (non-hydrogen) atoms. The van der Waals surface area contributed by atoms with E-state index in [1.54, 1.807) is 11.0 Å². The topological polar surface area (TPSA) is 32.3 Å². The van der Waals surface area contributed by atoms with Crippen LogP contribution in [0.4, 0.5) is 8.78 Å². The highest BCUT2D eigenvalue weighted by molar-refractivity contribution is 5.78. The van der Waals surface area contributed by atoms with Gasteiger partial charge in [-0.05, 0) is 25.5 Å². The number of hydrogen-bond acceptors (Lipinski definition) is 2. The second-order valence-corrected chi connectivity index (χ2v) is 5.23. The minimum Gasteiger partial charge on any atom is -0.335 e. The van der Waals surface area contributed by atoms with Gasteiger partial charge in [0.1, 0.15) is 11.6 Å². The van der Waals surface area contributed by atoms with Crippen molar-refractivity contribution < 1.29 is 13.6 Å². The van der Waals surface area contributed by atoms with Crippen LogP contribution in [0.1, 0.15) is 24.8 Å². The molecule has 0 aliphatic carbocycles. The van der Waals surface area contributed by atoms with Crippen molar-refractivity contribution in [3.8, 4) is 0 Å². The lowest BCUT2D eigenvalue weighted by Crippen LogP contribution is -2.35. The van der Waals surface area contributed by atoms with E-state index in [0.29, 0.717) is 12.0 Å². The smallest absolute Gasteiger partial charge is 0.223 e. The highest BCUT2D eigenvalue weighted by atomic mass is 19.1. The van der Waals surface area contributed by atoms with Crippen LogP contribution in [-0.4, -0.2) is 29.9 Å². The number of amides is 1. The molecule has 0 saturated carbocycles. The molecule has 0 bridgehead atoms. The van der Waals surface area contributed by atoms with Gasteiger partial charge in [0.15, 0.2) is 0 Å². The molecule has 0 spiro atoms. The Morgan fingerprint density at radius 2 is 2.24 bits per heavy atom. The van der Waals surface area contributed by atoms with Crippen molar-refractivity contribution in [3.63, 3.8) is 0 Å². The highest BCUT2D eigenvalue weighted by Gasteiger charge is 2.30. The molecular weight excluding hydrogens is 274 g/mol. The quantitative estimate of drug-likeness (QED) is 0.619. The van der Waals surface area contributed by atoms with E-state index in [4.69, 9.17) is 0 Å². The lowest BCUT2D eigenvalue weighted by atomic mass is 10.1. The fraction of sp³-hybridized carbons (Fsp3) is 0.438. The lowest BCUT2D eigenvalue weighted by molar-refractivity contribution is -0.129. The summed E-state index contributed by atoms with van der Waals surface area (Å²) in [6.07, 6.45) is 3.89. The van der Waals surface area contributed by atoms with Crippen molar-refractivity contribution in [3.05, 3.63) is 48.1 Å². The Bertz CT molecular complexity index is 519. The maximum absolute atomic E-state index is 13.7. The Hall–Kier alpha value is -1.75. The minimum atomic E-state index is -0.603. The van der Waals surface area contributed by atoms with E-state index in [9.17, 15) is 13.6 Å². The van der Waals surface area contributed by atoms with Crippen molar-refractivity contribution in [2.45, 2.75) is 31.8 Å². The summed E-state index contributed by atoms with van der Waals surface area (Å²) < 4.78 is 26.6. The number of likely N-dealkylation sites (tertiary alicyclic amines) is 1. The van der Waals surface area contributed by atoms with Crippen molar-refractivity contribution in [1.29, 1.82) is 0 Å². The minimum absolute atomic E-state index is 0.0347. The van der Waals surface area contributed by atoms with Crippen LogP contribution >= 0.6 is 0 Å². The van der Waals surface area contributed by atoms with Crippen LogP contribution in [-0.2, 0) is 11.3 Å². The number of benzene rings is 1. The fourth-order valence-corrected chi connectivity index (χ4v) is 2.62. The van der Waals surface area contributed by atoms with Gasteiger partial charge in [-0.3, -0.25) is 4.79 Å². The third-order valence-corrected chi connectivity index (χ3v) is 3.75. The molecule has 5 heteroatoms. The average Bonchev–Trinajstić information content (AvgIpc) is 2.79. The highest BCUT2D eigenvalue weighted by Crippen LogP contribution is 2.24. The maximum Gasteiger partial charge on any atom is 0.223 e. The molecule has 3 nitrogen and oxygen atoms in total. The fourth-order valence-electron chi connectivity index (χ4n) is 2.62. The number of nitrogens with zero attached hydrogens (tertiary/aromatic N) is 1. The summed E-state index contributed by atoms with van der Waals surface area (Å²) in [6, 6.07) is 3.60. The van der Waals surface area contributed by atoms with Crippen LogP contribution in [0.2, 0.25) is 0 Å². The number of nitrogens with one attached hydrogen (secondary N) is 1. The molecule has 1 unspecified atom stereocenters. The third-order valence-electron chi connectivity index (χ3n) is 3.75. The van der Waals surface area contributed by atoms with Crippen LogP contribution in [0.15, 0.2) is 30.9 Å². The molecule has 2 rings (SSSR count). The number of hydrogen-bond donors (Lipinski definition) is 1. The van der Waals surface area contributed by atoms with Gasteiger partial charge in [-0.15, -0.1) is 6.58 Å². The van der Waals surface area contributed by atoms with Gasteiger partial charge >= 0.3 is 0 Å². The van der Waals surface area contributed by atoms with E-state index in [0.717, 1.165) is 32.0 Å². The summed E-state index contributed by atoms with van der Waals surface area (Å²) in [4.78, 5) is 13.6. The van der Waals surface area contributed by atoms with Crippen molar-refractivity contribution in [2.75, 3.05) is 13.1 Å².